The van der Waals surface area contributed by atoms with Gasteiger partial charge < -0.3 is 10.1 Å². The van der Waals surface area contributed by atoms with Crippen LogP contribution in [0.1, 0.15) is 63.1 Å². The average molecular weight is 288 g/mol. The van der Waals surface area contributed by atoms with Gasteiger partial charge in [0.05, 0.1) is 5.60 Å². The summed E-state index contributed by atoms with van der Waals surface area (Å²) in [7, 11) is 0. The molecule has 3 unspecified atom stereocenters. The molecule has 0 radical (unpaired) electrons. The highest BCUT2D eigenvalue weighted by Crippen LogP contribution is 2.40. The van der Waals surface area contributed by atoms with Gasteiger partial charge in [0.1, 0.15) is 0 Å². The van der Waals surface area contributed by atoms with Crippen LogP contribution in [0.3, 0.4) is 0 Å². The van der Waals surface area contributed by atoms with Crippen molar-refractivity contribution in [2.45, 2.75) is 69.9 Å². The first-order chi connectivity index (χ1) is 10.2. The molecule has 1 fully saturated rings. The smallest absolute Gasteiger partial charge is 0.0813 e. The van der Waals surface area contributed by atoms with Crippen LogP contribution in [0, 0.1) is 0 Å². The highest BCUT2D eigenvalue weighted by molar-refractivity contribution is 5.28. The number of hydrogen-bond acceptors (Lipinski definition) is 3. The molecule has 1 aliphatic heterocycles. The van der Waals surface area contributed by atoms with Crippen molar-refractivity contribution in [1.29, 1.82) is 0 Å². The number of nitrogens with one attached hydrogen (secondary N) is 1. The lowest BCUT2D eigenvalue weighted by atomic mass is 9.74. The molecule has 3 heteroatoms. The number of rotatable bonds is 4. The molecule has 1 aromatic rings. The van der Waals surface area contributed by atoms with Gasteiger partial charge >= 0.3 is 0 Å². The minimum atomic E-state index is -0.0505. The van der Waals surface area contributed by atoms with Crippen molar-refractivity contribution < 1.29 is 4.74 Å². The van der Waals surface area contributed by atoms with Gasteiger partial charge in [0.2, 0.25) is 0 Å². The number of nitrogens with zero attached hydrogens (tertiary/aromatic N) is 1. The molecule has 0 aromatic carbocycles. The standard InChI is InChI=1S/C18H28N2O/c1-3-19-17(18(2)11-4-5-13-21-18)15-10-6-8-14-9-7-12-20-16(14)15/h7,9,12,15,17,19H,3-6,8,10-11,13H2,1-2H3. The zero-order valence-corrected chi connectivity index (χ0v) is 13.4. The van der Waals surface area contributed by atoms with Crippen molar-refractivity contribution in [2.75, 3.05) is 13.2 Å². The van der Waals surface area contributed by atoms with Crippen LogP contribution in [0.5, 0.6) is 0 Å². The Kier molecular flexibility index (Phi) is 4.60. The minimum Gasteiger partial charge on any atom is -0.374 e. The van der Waals surface area contributed by atoms with Crippen molar-refractivity contribution in [3.8, 4) is 0 Å². The molecule has 1 saturated heterocycles. The lowest BCUT2D eigenvalue weighted by Crippen LogP contribution is -2.55. The van der Waals surface area contributed by atoms with Crippen molar-refractivity contribution in [3.63, 3.8) is 0 Å². The van der Waals surface area contributed by atoms with Gasteiger partial charge in [-0.15, -0.1) is 0 Å². The van der Waals surface area contributed by atoms with E-state index in [-0.39, 0.29) is 5.60 Å². The number of aryl methyl sites for hydroxylation is 1. The molecule has 0 saturated carbocycles. The molecule has 0 bridgehead atoms. The Bertz CT molecular complexity index is 468. The van der Waals surface area contributed by atoms with Crippen LogP contribution < -0.4 is 5.32 Å². The number of likely N-dealkylation sites (N-methyl/N-ethyl adjacent to an activating group) is 1. The Morgan fingerprint density at radius 3 is 3.10 bits per heavy atom. The monoisotopic (exact) mass is 288 g/mol. The zero-order valence-electron chi connectivity index (χ0n) is 13.4. The SMILES string of the molecule is CCNC(C1CCCc2cccnc21)C1(C)CCCCO1. The fourth-order valence-electron chi connectivity index (χ4n) is 4.17. The first kappa shape index (κ1) is 15.0. The van der Waals surface area contributed by atoms with Gasteiger partial charge in [0.25, 0.3) is 0 Å². The van der Waals surface area contributed by atoms with Crippen LogP contribution in [-0.4, -0.2) is 29.8 Å². The summed E-state index contributed by atoms with van der Waals surface area (Å²) in [6, 6.07) is 4.70. The highest BCUT2D eigenvalue weighted by Gasteiger charge is 2.43. The lowest BCUT2D eigenvalue weighted by molar-refractivity contribution is -0.0948. The molecule has 3 rings (SSSR count). The summed E-state index contributed by atoms with van der Waals surface area (Å²) in [5.41, 5.74) is 2.70. The summed E-state index contributed by atoms with van der Waals surface area (Å²) in [4.78, 5) is 4.73. The second kappa shape index (κ2) is 6.45. The maximum absolute atomic E-state index is 6.26. The van der Waals surface area contributed by atoms with E-state index < -0.39 is 0 Å². The van der Waals surface area contributed by atoms with E-state index >= 15 is 0 Å². The second-order valence-corrected chi connectivity index (χ2v) is 6.70. The van der Waals surface area contributed by atoms with Gasteiger partial charge in [0.15, 0.2) is 0 Å². The van der Waals surface area contributed by atoms with E-state index in [0.29, 0.717) is 12.0 Å². The first-order valence-electron chi connectivity index (χ1n) is 8.56. The van der Waals surface area contributed by atoms with E-state index in [0.717, 1.165) is 19.6 Å². The van der Waals surface area contributed by atoms with Crippen LogP contribution in [0.15, 0.2) is 18.3 Å². The van der Waals surface area contributed by atoms with Gasteiger partial charge in [-0.2, -0.15) is 0 Å². The largest absolute Gasteiger partial charge is 0.374 e. The van der Waals surface area contributed by atoms with E-state index in [4.69, 9.17) is 9.72 Å². The Morgan fingerprint density at radius 1 is 1.43 bits per heavy atom. The summed E-state index contributed by atoms with van der Waals surface area (Å²) in [6.07, 6.45) is 9.25. The molecule has 3 atom stereocenters. The fraction of sp³-hybridized carbons (Fsp3) is 0.722. The quantitative estimate of drug-likeness (QED) is 0.921. The number of aromatic nitrogens is 1. The molecule has 1 aromatic heterocycles. The molecule has 2 heterocycles. The lowest BCUT2D eigenvalue weighted by Gasteiger charge is -2.45. The molecule has 1 N–H and O–H groups in total. The van der Waals surface area contributed by atoms with E-state index in [1.165, 1.54) is 43.4 Å². The Labute approximate surface area is 128 Å². The molecule has 2 aliphatic rings. The Balaban J connectivity index is 1.91. The normalized spacial score (nSPS) is 30.7. The predicted molar refractivity (Wildman–Crippen MR) is 85.6 cm³/mol. The van der Waals surface area contributed by atoms with Crippen LogP contribution in [0.2, 0.25) is 0 Å². The number of hydrogen-bond donors (Lipinski definition) is 1. The second-order valence-electron chi connectivity index (χ2n) is 6.70. The average Bonchev–Trinajstić information content (AvgIpc) is 2.53. The Hall–Kier alpha value is -0.930. The van der Waals surface area contributed by atoms with Gasteiger partial charge in [-0.1, -0.05) is 13.0 Å². The summed E-state index contributed by atoms with van der Waals surface area (Å²) in [5.74, 6) is 0.484. The number of fused-ring (bicyclic) bond motifs is 1. The van der Waals surface area contributed by atoms with Gasteiger partial charge in [0, 0.05) is 30.5 Å². The molecular formula is C18H28N2O. The maximum atomic E-state index is 6.26. The molecule has 116 valence electrons. The summed E-state index contributed by atoms with van der Waals surface area (Å²) in [5, 5.41) is 3.74. The topological polar surface area (TPSA) is 34.2 Å². The van der Waals surface area contributed by atoms with Crippen molar-refractivity contribution >= 4 is 0 Å². The van der Waals surface area contributed by atoms with Gasteiger partial charge in [-0.3, -0.25) is 4.98 Å². The van der Waals surface area contributed by atoms with Crippen LogP contribution in [-0.2, 0) is 11.2 Å². The summed E-state index contributed by atoms with van der Waals surface area (Å²) >= 11 is 0. The van der Waals surface area contributed by atoms with Crippen LogP contribution in [0.25, 0.3) is 0 Å². The maximum Gasteiger partial charge on any atom is 0.0813 e. The van der Waals surface area contributed by atoms with Crippen molar-refractivity contribution in [3.05, 3.63) is 29.6 Å². The fourth-order valence-corrected chi connectivity index (χ4v) is 4.17. The van der Waals surface area contributed by atoms with Crippen LogP contribution >= 0.6 is 0 Å². The van der Waals surface area contributed by atoms with Crippen LogP contribution in [0.4, 0.5) is 0 Å². The molecule has 21 heavy (non-hydrogen) atoms. The van der Waals surface area contributed by atoms with Gasteiger partial charge in [-0.25, -0.2) is 0 Å². The summed E-state index contributed by atoms with van der Waals surface area (Å²) in [6.45, 7) is 6.39. The van der Waals surface area contributed by atoms with Crippen molar-refractivity contribution in [1.82, 2.24) is 10.3 Å². The molecular weight excluding hydrogens is 260 g/mol. The third-order valence-electron chi connectivity index (χ3n) is 5.22. The zero-order chi connectivity index (χ0) is 14.7. The predicted octanol–water partition coefficient (Wildman–Crippen LogP) is 3.44. The van der Waals surface area contributed by atoms with Crippen molar-refractivity contribution in [2.24, 2.45) is 0 Å². The number of ether oxygens (including phenoxy) is 1. The third-order valence-corrected chi connectivity index (χ3v) is 5.22. The molecule has 3 nitrogen and oxygen atoms in total. The van der Waals surface area contributed by atoms with E-state index in [1.807, 2.05) is 6.20 Å². The van der Waals surface area contributed by atoms with E-state index in [1.54, 1.807) is 0 Å². The minimum absolute atomic E-state index is 0.0505. The van der Waals surface area contributed by atoms with Gasteiger partial charge in [-0.05, 0) is 63.6 Å². The molecule has 1 aliphatic carbocycles. The first-order valence-corrected chi connectivity index (χ1v) is 8.56. The third kappa shape index (κ3) is 3.00. The van der Waals surface area contributed by atoms with E-state index in [9.17, 15) is 0 Å². The Morgan fingerprint density at radius 2 is 2.33 bits per heavy atom. The highest BCUT2D eigenvalue weighted by atomic mass is 16.5. The molecule has 0 amide bonds. The number of pyridine rings is 1. The van der Waals surface area contributed by atoms with E-state index in [2.05, 4.69) is 31.3 Å². The summed E-state index contributed by atoms with van der Waals surface area (Å²) < 4.78 is 6.26. The molecule has 0 spiro atoms.